The molecule has 0 aliphatic heterocycles. The summed E-state index contributed by atoms with van der Waals surface area (Å²) in [4.78, 5) is 24.4. The number of benzene rings is 2. The normalized spacial score (nSPS) is 10.6. The number of carbonyl (C=O) groups is 2. The summed E-state index contributed by atoms with van der Waals surface area (Å²) in [5.74, 6) is -0.771. The van der Waals surface area contributed by atoms with Gasteiger partial charge in [0.15, 0.2) is 6.61 Å². The lowest BCUT2D eigenvalue weighted by Gasteiger charge is -2.05. The maximum atomic E-state index is 12.0. The molecule has 22 heavy (non-hydrogen) atoms. The molecule has 0 saturated heterocycles. The van der Waals surface area contributed by atoms with Crippen LogP contribution in [0.2, 0.25) is 4.34 Å². The summed E-state index contributed by atoms with van der Waals surface area (Å²) in [5, 5.41) is 2.00. The van der Waals surface area contributed by atoms with E-state index in [1.165, 1.54) is 11.3 Å². The van der Waals surface area contributed by atoms with Crippen molar-refractivity contribution in [3.63, 3.8) is 0 Å². The predicted molar refractivity (Wildman–Crippen MR) is 87.9 cm³/mol. The lowest BCUT2D eigenvalue weighted by atomic mass is 10.1. The van der Waals surface area contributed by atoms with Gasteiger partial charge in [0.05, 0.1) is 14.8 Å². The van der Waals surface area contributed by atoms with Crippen molar-refractivity contribution in [2.24, 2.45) is 0 Å². The van der Waals surface area contributed by atoms with E-state index in [-0.39, 0.29) is 12.4 Å². The van der Waals surface area contributed by atoms with Crippen LogP contribution in [0.15, 0.2) is 54.6 Å². The molecule has 0 N–H and O–H groups in total. The Morgan fingerprint density at radius 3 is 2.50 bits per heavy atom. The summed E-state index contributed by atoms with van der Waals surface area (Å²) in [6.45, 7) is -0.289. The number of Topliss-reactive ketones (excluding diaryl/α,β-unsaturated/α-hetero) is 1. The van der Waals surface area contributed by atoms with Crippen molar-refractivity contribution in [3.8, 4) is 0 Å². The molecule has 3 nitrogen and oxygen atoms in total. The number of fused-ring (bicyclic) bond motifs is 1. The Bertz CT molecular complexity index is 854. The van der Waals surface area contributed by atoms with Gasteiger partial charge in [-0.15, -0.1) is 11.3 Å². The highest BCUT2D eigenvalue weighted by molar-refractivity contribution is 7.18. The largest absolute Gasteiger partial charge is 0.454 e. The van der Waals surface area contributed by atoms with E-state index in [0.717, 1.165) is 10.8 Å². The summed E-state index contributed by atoms with van der Waals surface area (Å²) in [7, 11) is 0. The van der Waals surface area contributed by atoms with Crippen LogP contribution in [-0.4, -0.2) is 18.4 Å². The van der Waals surface area contributed by atoms with E-state index in [1.54, 1.807) is 24.3 Å². The van der Waals surface area contributed by atoms with E-state index in [9.17, 15) is 9.59 Å². The Labute approximate surface area is 136 Å². The average Bonchev–Trinajstić information content (AvgIpc) is 2.98. The number of carbonyl (C=O) groups excluding carboxylic acids is 2. The van der Waals surface area contributed by atoms with Gasteiger partial charge in [-0.2, -0.15) is 0 Å². The fourth-order valence-corrected chi connectivity index (χ4v) is 3.03. The van der Waals surface area contributed by atoms with Gasteiger partial charge in [0.2, 0.25) is 5.78 Å². The molecule has 0 amide bonds. The second kappa shape index (κ2) is 6.30. The molecular weight excluding hydrogens is 320 g/mol. The Hall–Kier alpha value is -2.17. The highest BCUT2D eigenvalue weighted by Crippen LogP contribution is 2.22. The smallest absolute Gasteiger partial charge is 0.338 e. The van der Waals surface area contributed by atoms with Crippen molar-refractivity contribution < 1.29 is 14.3 Å². The number of esters is 1. The molecule has 0 unspecified atom stereocenters. The van der Waals surface area contributed by atoms with Crippen LogP contribution in [-0.2, 0) is 4.74 Å². The van der Waals surface area contributed by atoms with E-state index in [4.69, 9.17) is 16.3 Å². The highest BCUT2D eigenvalue weighted by atomic mass is 35.5. The van der Waals surface area contributed by atoms with Gasteiger partial charge in [0.25, 0.3) is 0 Å². The topological polar surface area (TPSA) is 43.4 Å². The second-order valence-electron chi connectivity index (χ2n) is 4.66. The minimum absolute atomic E-state index is 0.258. The van der Waals surface area contributed by atoms with Gasteiger partial charge in [-0.1, -0.05) is 41.9 Å². The van der Waals surface area contributed by atoms with Crippen molar-refractivity contribution in [1.82, 2.24) is 0 Å². The molecule has 1 heterocycles. The molecule has 1 aromatic heterocycles. The molecule has 0 atom stereocenters. The van der Waals surface area contributed by atoms with Gasteiger partial charge in [-0.3, -0.25) is 4.79 Å². The van der Waals surface area contributed by atoms with E-state index in [1.807, 2.05) is 30.3 Å². The average molecular weight is 331 g/mol. The van der Waals surface area contributed by atoms with E-state index >= 15 is 0 Å². The lowest BCUT2D eigenvalue weighted by Crippen LogP contribution is -2.13. The van der Waals surface area contributed by atoms with Crippen molar-refractivity contribution in [3.05, 3.63) is 69.4 Å². The van der Waals surface area contributed by atoms with Crippen molar-refractivity contribution in [2.75, 3.05) is 6.61 Å². The maximum Gasteiger partial charge on any atom is 0.338 e. The SMILES string of the molecule is O=C(OCC(=O)c1ccc(Cl)s1)c1ccc2ccccc2c1. The zero-order chi connectivity index (χ0) is 15.5. The van der Waals surface area contributed by atoms with Crippen LogP contribution >= 0.6 is 22.9 Å². The number of hydrogen-bond acceptors (Lipinski definition) is 4. The summed E-state index contributed by atoms with van der Waals surface area (Å²) in [5.41, 5.74) is 0.427. The maximum absolute atomic E-state index is 12.0. The summed E-state index contributed by atoms with van der Waals surface area (Å²) >= 11 is 6.95. The monoisotopic (exact) mass is 330 g/mol. The van der Waals surface area contributed by atoms with Gasteiger partial charge in [-0.05, 0) is 35.0 Å². The molecule has 0 spiro atoms. The molecule has 0 fully saturated rings. The number of ether oxygens (including phenoxy) is 1. The molecule has 110 valence electrons. The first-order chi connectivity index (χ1) is 10.6. The molecular formula is C17H11ClO3S. The van der Waals surface area contributed by atoms with Crippen LogP contribution in [0.1, 0.15) is 20.0 Å². The first-order valence-corrected chi connectivity index (χ1v) is 7.77. The number of hydrogen-bond donors (Lipinski definition) is 0. The molecule has 0 aliphatic rings. The minimum Gasteiger partial charge on any atom is -0.454 e. The standard InChI is InChI=1S/C17H11ClO3S/c18-16-8-7-15(22-16)14(19)10-21-17(20)13-6-5-11-3-1-2-4-12(11)9-13/h1-9H,10H2. The molecule has 2 aromatic carbocycles. The number of halogens is 1. The molecule has 0 radical (unpaired) electrons. The Kier molecular flexibility index (Phi) is 4.22. The Balaban J connectivity index is 1.69. The molecule has 3 aromatic rings. The first-order valence-electron chi connectivity index (χ1n) is 6.58. The van der Waals surface area contributed by atoms with Gasteiger partial charge in [0, 0.05) is 0 Å². The van der Waals surface area contributed by atoms with Crippen LogP contribution in [0.3, 0.4) is 0 Å². The van der Waals surface area contributed by atoms with Crippen LogP contribution in [0.5, 0.6) is 0 Å². The fraction of sp³-hybridized carbons (Fsp3) is 0.0588. The van der Waals surface area contributed by atoms with Crippen molar-refractivity contribution in [2.45, 2.75) is 0 Å². The van der Waals surface area contributed by atoms with Gasteiger partial charge < -0.3 is 4.74 Å². The third-order valence-corrected chi connectivity index (χ3v) is 4.44. The quantitative estimate of drug-likeness (QED) is 0.519. The van der Waals surface area contributed by atoms with Crippen LogP contribution < -0.4 is 0 Å². The number of thiophene rings is 1. The third-order valence-electron chi connectivity index (χ3n) is 3.17. The molecule has 3 rings (SSSR count). The van der Waals surface area contributed by atoms with Gasteiger partial charge >= 0.3 is 5.97 Å². The van der Waals surface area contributed by atoms with Crippen molar-refractivity contribution in [1.29, 1.82) is 0 Å². The molecule has 0 saturated carbocycles. The fourth-order valence-electron chi connectivity index (χ4n) is 2.07. The molecule has 5 heteroatoms. The predicted octanol–water partition coefficient (Wildman–Crippen LogP) is 4.59. The van der Waals surface area contributed by atoms with Crippen LogP contribution in [0.4, 0.5) is 0 Å². The summed E-state index contributed by atoms with van der Waals surface area (Å²) in [6.07, 6.45) is 0. The third kappa shape index (κ3) is 3.18. The first kappa shape index (κ1) is 14.8. The minimum atomic E-state index is -0.512. The molecule has 0 bridgehead atoms. The van der Waals surface area contributed by atoms with Crippen LogP contribution in [0.25, 0.3) is 10.8 Å². The second-order valence-corrected chi connectivity index (χ2v) is 6.38. The summed E-state index contributed by atoms with van der Waals surface area (Å²) in [6, 6.07) is 16.3. The highest BCUT2D eigenvalue weighted by Gasteiger charge is 2.13. The summed E-state index contributed by atoms with van der Waals surface area (Å²) < 4.78 is 5.61. The van der Waals surface area contributed by atoms with Gasteiger partial charge in [0.1, 0.15) is 0 Å². The van der Waals surface area contributed by atoms with Crippen LogP contribution in [0, 0.1) is 0 Å². The van der Waals surface area contributed by atoms with E-state index in [2.05, 4.69) is 0 Å². The van der Waals surface area contributed by atoms with Crippen molar-refractivity contribution >= 4 is 45.5 Å². The number of ketones is 1. The zero-order valence-electron chi connectivity index (χ0n) is 11.4. The Morgan fingerprint density at radius 1 is 1.00 bits per heavy atom. The zero-order valence-corrected chi connectivity index (χ0v) is 13.0. The molecule has 0 aliphatic carbocycles. The van der Waals surface area contributed by atoms with E-state index in [0.29, 0.717) is 14.8 Å². The number of rotatable bonds is 4. The Morgan fingerprint density at radius 2 is 1.77 bits per heavy atom. The lowest BCUT2D eigenvalue weighted by molar-refractivity contribution is 0.0476. The van der Waals surface area contributed by atoms with Gasteiger partial charge in [-0.25, -0.2) is 4.79 Å². The van der Waals surface area contributed by atoms with E-state index < -0.39 is 5.97 Å².